The average molecular weight is 505 g/mol. The van der Waals surface area contributed by atoms with Gasteiger partial charge in [-0.3, -0.25) is 15.0 Å². The molecule has 1 fully saturated rings. The number of piperazine rings is 1. The van der Waals surface area contributed by atoms with E-state index in [4.69, 9.17) is 9.47 Å². The van der Waals surface area contributed by atoms with Gasteiger partial charge >= 0.3 is 0 Å². The van der Waals surface area contributed by atoms with E-state index in [-0.39, 0.29) is 5.82 Å². The second-order valence-electron chi connectivity index (χ2n) is 9.29. The Bertz CT molecular complexity index is 1340. The lowest BCUT2D eigenvalue weighted by molar-refractivity contribution is 0.120. The summed E-state index contributed by atoms with van der Waals surface area (Å²) in [5.74, 6) is 1.05. The molecule has 5 rings (SSSR count). The van der Waals surface area contributed by atoms with Gasteiger partial charge in [0, 0.05) is 38.4 Å². The van der Waals surface area contributed by atoms with E-state index in [0.29, 0.717) is 19.1 Å². The summed E-state index contributed by atoms with van der Waals surface area (Å²) in [6.07, 6.45) is 3.53. The van der Waals surface area contributed by atoms with Crippen LogP contribution in [0.4, 0.5) is 15.8 Å². The Kier molecular flexibility index (Phi) is 7.82. The predicted molar refractivity (Wildman–Crippen MR) is 143 cm³/mol. The molecule has 0 aliphatic carbocycles. The number of H-pyrrole nitrogens is 1. The summed E-state index contributed by atoms with van der Waals surface area (Å²) < 4.78 is 25.5. The van der Waals surface area contributed by atoms with E-state index < -0.39 is 0 Å². The van der Waals surface area contributed by atoms with Crippen LogP contribution in [-0.4, -0.2) is 70.9 Å². The highest BCUT2D eigenvalue weighted by Gasteiger charge is 2.17. The fourth-order valence-corrected chi connectivity index (χ4v) is 4.57. The Balaban J connectivity index is 1.23. The first-order valence-corrected chi connectivity index (χ1v) is 12.7. The maximum absolute atomic E-state index is 13.4. The number of nitrogens with zero attached hydrogens (tertiary/aromatic N) is 4. The van der Waals surface area contributed by atoms with Gasteiger partial charge in [-0.1, -0.05) is 19.1 Å². The Hall–Kier alpha value is -3.69. The minimum Gasteiger partial charge on any atom is -0.489 e. The van der Waals surface area contributed by atoms with E-state index in [0.717, 1.165) is 78.4 Å². The number of anilines is 2. The Labute approximate surface area is 216 Å². The lowest BCUT2D eigenvalue weighted by atomic mass is 10.2. The normalized spacial score (nSPS) is 14.7. The molecule has 0 bridgehead atoms. The summed E-state index contributed by atoms with van der Waals surface area (Å²) in [6, 6.07) is 12.3. The van der Waals surface area contributed by atoms with Crippen LogP contribution in [0.2, 0.25) is 0 Å². The highest BCUT2D eigenvalue weighted by atomic mass is 19.1. The molecule has 9 heteroatoms. The van der Waals surface area contributed by atoms with Crippen LogP contribution in [-0.2, 0) is 6.61 Å². The van der Waals surface area contributed by atoms with Crippen molar-refractivity contribution in [2.45, 2.75) is 20.5 Å². The van der Waals surface area contributed by atoms with Crippen molar-refractivity contribution in [3.63, 3.8) is 0 Å². The topological polar surface area (TPSA) is 78.5 Å². The molecule has 2 aromatic carbocycles. The Morgan fingerprint density at radius 3 is 2.65 bits per heavy atom. The van der Waals surface area contributed by atoms with E-state index in [1.807, 2.05) is 31.2 Å². The molecule has 8 nitrogen and oxygen atoms in total. The number of likely N-dealkylation sites (N-methyl/N-ethyl adjacent to an activating group) is 1. The maximum atomic E-state index is 13.4. The van der Waals surface area contributed by atoms with Crippen LogP contribution in [0.25, 0.3) is 10.9 Å². The number of hydrogen-bond acceptors (Lipinski definition) is 7. The number of aromatic amines is 1. The van der Waals surface area contributed by atoms with Gasteiger partial charge in [0.25, 0.3) is 0 Å². The zero-order valence-corrected chi connectivity index (χ0v) is 21.3. The SMILES string of the molecule is CCN1CCN(CCOc2n[nH]c3cncc(Nc4ccc(OCc5cccc(F)c5)c(C)c4)c23)CC1. The first kappa shape index (κ1) is 25.0. The fourth-order valence-electron chi connectivity index (χ4n) is 4.57. The van der Waals surface area contributed by atoms with Crippen molar-refractivity contribution in [1.82, 2.24) is 25.0 Å². The third-order valence-corrected chi connectivity index (χ3v) is 6.73. The van der Waals surface area contributed by atoms with Gasteiger partial charge in [-0.05, 0) is 54.9 Å². The van der Waals surface area contributed by atoms with E-state index >= 15 is 0 Å². The van der Waals surface area contributed by atoms with Gasteiger partial charge in [-0.2, -0.15) is 0 Å². The number of ether oxygens (including phenoxy) is 2. The van der Waals surface area contributed by atoms with Gasteiger partial charge in [0.05, 0.1) is 29.0 Å². The fraction of sp³-hybridized carbons (Fsp3) is 0.357. The Morgan fingerprint density at radius 1 is 1.03 bits per heavy atom. The predicted octanol–water partition coefficient (Wildman–Crippen LogP) is 4.74. The van der Waals surface area contributed by atoms with Crippen molar-refractivity contribution < 1.29 is 13.9 Å². The zero-order valence-electron chi connectivity index (χ0n) is 21.3. The molecule has 1 saturated heterocycles. The molecule has 0 atom stereocenters. The summed E-state index contributed by atoms with van der Waals surface area (Å²) in [7, 11) is 0. The molecule has 1 aliphatic heterocycles. The number of benzene rings is 2. The molecule has 0 saturated carbocycles. The Morgan fingerprint density at radius 2 is 1.86 bits per heavy atom. The van der Waals surface area contributed by atoms with Crippen LogP contribution in [0.5, 0.6) is 11.6 Å². The van der Waals surface area contributed by atoms with Crippen LogP contribution in [0.1, 0.15) is 18.1 Å². The van der Waals surface area contributed by atoms with E-state index in [1.165, 1.54) is 12.1 Å². The standard InChI is InChI=1S/C28H33FN6O2/c1-3-34-9-11-35(12-10-34)13-14-36-28-27-24(17-30-18-25(27)32-33-28)31-23-7-8-26(20(2)15-23)37-19-21-5-4-6-22(29)16-21/h4-8,15-18,31H,3,9-14,19H2,1-2H3,(H,32,33). The number of aromatic nitrogens is 3. The number of fused-ring (bicyclic) bond motifs is 1. The number of nitrogens with one attached hydrogen (secondary N) is 2. The monoisotopic (exact) mass is 504 g/mol. The molecule has 0 unspecified atom stereocenters. The summed E-state index contributed by atoms with van der Waals surface area (Å²) in [6.45, 7) is 11.4. The van der Waals surface area contributed by atoms with Crippen LogP contribution >= 0.6 is 0 Å². The van der Waals surface area contributed by atoms with Crippen LogP contribution < -0.4 is 14.8 Å². The maximum Gasteiger partial charge on any atom is 0.242 e. The quantitative estimate of drug-likeness (QED) is 0.323. The number of pyridine rings is 1. The third-order valence-electron chi connectivity index (χ3n) is 6.73. The lowest BCUT2D eigenvalue weighted by Gasteiger charge is -2.33. The smallest absolute Gasteiger partial charge is 0.242 e. The number of halogens is 1. The molecule has 194 valence electrons. The highest BCUT2D eigenvalue weighted by molar-refractivity contribution is 5.96. The van der Waals surface area contributed by atoms with Crippen LogP contribution in [0, 0.1) is 12.7 Å². The van der Waals surface area contributed by atoms with E-state index in [9.17, 15) is 4.39 Å². The molecular formula is C28H33FN6O2. The van der Waals surface area contributed by atoms with Crippen molar-refractivity contribution >= 4 is 22.3 Å². The van der Waals surface area contributed by atoms with E-state index in [2.05, 4.69) is 37.2 Å². The molecule has 0 amide bonds. The van der Waals surface area contributed by atoms with Gasteiger partial charge < -0.3 is 19.7 Å². The number of rotatable bonds is 10. The first-order valence-electron chi connectivity index (χ1n) is 12.7. The summed E-state index contributed by atoms with van der Waals surface area (Å²) in [5, 5.41) is 11.7. The molecule has 4 aromatic rings. The molecule has 2 aromatic heterocycles. The van der Waals surface area contributed by atoms with Crippen molar-refractivity contribution in [1.29, 1.82) is 0 Å². The summed E-state index contributed by atoms with van der Waals surface area (Å²) in [5.41, 5.74) is 4.27. The van der Waals surface area contributed by atoms with Gasteiger partial charge in [-0.15, -0.1) is 5.10 Å². The third kappa shape index (κ3) is 6.18. The lowest BCUT2D eigenvalue weighted by Crippen LogP contribution is -2.47. The second kappa shape index (κ2) is 11.6. The number of aryl methyl sites for hydroxylation is 1. The van der Waals surface area contributed by atoms with Crippen LogP contribution in [0.3, 0.4) is 0 Å². The first-order chi connectivity index (χ1) is 18.1. The molecule has 2 N–H and O–H groups in total. The van der Waals surface area contributed by atoms with Crippen LogP contribution in [0.15, 0.2) is 54.9 Å². The highest BCUT2D eigenvalue weighted by Crippen LogP contribution is 2.32. The second-order valence-corrected chi connectivity index (χ2v) is 9.29. The molecule has 0 radical (unpaired) electrons. The van der Waals surface area contributed by atoms with Gasteiger partial charge in [-0.25, -0.2) is 4.39 Å². The van der Waals surface area contributed by atoms with Gasteiger partial charge in [0.1, 0.15) is 24.8 Å². The molecule has 1 aliphatic rings. The molecule has 0 spiro atoms. The largest absolute Gasteiger partial charge is 0.489 e. The molecule has 37 heavy (non-hydrogen) atoms. The van der Waals surface area contributed by atoms with Crippen molar-refractivity contribution in [2.75, 3.05) is 51.2 Å². The van der Waals surface area contributed by atoms with Crippen molar-refractivity contribution in [2.24, 2.45) is 0 Å². The molecular weight excluding hydrogens is 471 g/mol. The average Bonchev–Trinajstić information content (AvgIpc) is 3.33. The molecule has 3 heterocycles. The van der Waals surface area contributed by atoms with Gasteiger partial charge in [0.15, 0.2) is 0 Å². The zero-order chi connectivity index (χ0) is 25.6. The van der Waals surface area contributed by atoms with Crippen molar-refractivity contribution in [3.8, 4) is 11.6 Å². The van der Waals surface area contributed by atoms with E-state index in [1.54, 1.807) is 18.5 Å². The minimum absolute atomic E-state index is 0.266. The van der Waals surface area contributed by atoms with Gasteiger partial charge in [0.2, 0.25) is 5.88 Å². The minimum atomic E-state index is -0.266. The summed E-state index contributed by atoms with van der Waals surface area (Å²) in [4.78, 5) is 9.24. The van der Waals surface area contributed by atoms with Crippen molar-refractivity contribution in [3.05, 3.63) is 71.8 Å². The summed E-state index contributed by atoms with van der Waals surface area (Å²) >= 11 is 0. The number of hydrogen-bond donors (Lipinski definition) is 2.